The van der Waals surface area contributed by atoms with Gasteiger partial charge >= 0.3 is 0 Å². The molecule has 3 aliphatic rings. The second-order valence-electron chi connectivity index (χ2n) is 9.90. The predicted octanol–water partition coefficient (Wildman–Crippen LogP) is 4.40. The number of hydrogen-bond donors (Lipinski definition) is 0. The molecule has 176 valence electrons. The first-order valence-electron chi connectivity index (χ1n) is 12.5. The highest BCUT2D eigenvalue weighted by molar-refractivity contribution is 5.91. The Morgan fingerprint density at radius 3 is 2.06 bits per heavy atom. The molecule has 0 unspecified atom stereocenters. The lowest BCUT2D eigenvalue weighted by molar-refractivity contribution is -0.138. The van der Waals surface area contributed by atoms with Crippen molar-refractivity contribution in [3.05, 3.63) is 65.7 Å². The van der Waals surface area contributed by atoms with Gasteiger partial charge in [0.1, 0.15) is 5.75 Å². The molecule has 5 rings (SSSR count). The van der Waals surface area contributed by atoms with Gasteiger partial charge in [0.2, 0.25) is 5.91 Å². The highest BCUT2D eigenvalue weighted by Crippen LogP contribution is 2.50. The van der Waals surface area contributed by atoms with E-state index in [0.29, 0.717) is 12.0 Å². The lowest BCUT2D eigenvalue weighted by atomic mass is 9.93. The average Bonchev–Trinajstić information content (AvgIpc) is 3.68. The Kier molecular flexibility index (Phi) is 6.70. The standard InChI is InChI=1S/C28H36N2O3/c1-32-24-9-7-23(8-10-24)28(15-16-28)27(31)30-19-13-26(14-20-30)33-25-11-17-29(18-12-25)21-22-5-3-2-4-6-22/h2-10,25-26H,11-21H2,1H3. The number of piperidine rings is 2. The van der Waals surface area contributed by atoms with E-state index in [4.69, 9.17) is 9.47 Å². The van der Waals surface area contributed by atoms with E-state index in [2.05, 4.69) is 52.3 Å². The van der Waals surface area contributed by atoms with Crippen LogP contribution in [0, 0.1) is 0 Å². The molecule has 0 N–H and O–H groups in total. The van der Waals surface area contributed by atoms with E-state index in [1.807, 2.05) is 12.1 Å². The molecule has 33 heavy (non-hydrogen) atoms. The number of amides is 1. The summed E-state index contributed by atoms with van der Waals surface area (Å²) in [6.45, 7) is 4.86. The molecule has 3 fully saturated rings. The first-order chi connectivity index (χ1) is 16.2. The van der Waals surface area contributed by atoms with Crippen molar-refractivity contribution >= 4 is 5.91 Å². The fourth-order valence-corrected chi connectivity index (χ4v) is 5.48. The maximum atomic E-state index is 13.4. The van der Waals surface area contributed by atoms with E-state index in [1.54, 1.807) is 7.11 Å². The molecule has 1 aliphatic carbocycles. The Morgan fingerprint density at radius 1 is 0.879 bits per heavy atom. The molecule has 1 saturated carbocycles. The van der Waals surface area contributed by atoms with Crippen molar-refractivity contribution in [3.63, 3.8) is 0 Å². The number of carbonyl (C=O) groups excluding carboxylic acids is 1. The van der Waals surface area contributed by atoms with Crippen LogP contribution in [0.5, 0.6) is 5.75 Å². The molecule has 2 aromatic rings. The topological polar surface area (TPSA) is 42.0 Å². The number of methoxy groups -OCH3 is 1. The minimum absolute atomic E-state index is 0.288. The van der Waals surface area contributed by atoms with E-state index in [1.165, 1.54) is 5.56 Å². The van der Waals surface area contributed by atoms with E-state index < -0.39 is 0 Å². The maximum Gasteiger partial charge on any atom is 0.233 e. The summed E-state index contributed by atoms with van der Waals surface area (Å²) in [6, 6.07) is 18.8. The summed E-state index contributed by atoms with van der Waals surface area (Å²) in [5.74, 6) is 1.14. The maximum absolute atomic E-state index is 13.4. The van der Waals surface area contributed by atoms with Crippen LogP contribution in [0.15, 0.2) is 54.6 Å². The summed E-state index contributed by atoms with van der Waals surface area (Å²) in [6.07, 6.45) is 6.67. The third kappa shape index (κ3) is 5.10. The van der Waals surface area contributed by atoms with Crippen molar-refractivity contribution in [2.75, 3.05) is 33.3 Å². The van der Waals surface area contributed by atoms with Crippen molar-refractivity contribution in [2.24, 2.45) is 0 Å². The molecule has 5 heteroatoms. The van der Waals surface area contributed by atoms with E-state index in [0.717, 1.165) is 82.6 Å². The molecular formula is C28H36N2O3. The second-order valence-corrected chi connectivity index (χ2v) is 9.90. The Labute approximate surface area is 197 Å². The summed E-state index contributed by atoms with van der Waals surface area (Å²) in [7, 11) is 1.67. The van der Waals surface area contributed by atoms with Crippen LogP contribution in [-0.2, 0) is 21.5 Å². The van der Waals surface area contributed by atoms with Gasteiger partial charge in [0.25, 0.3) is 0 Å². The number of ether oxygens (including phenoxy) is 2. The first-order valence-corrected chi connectivity index (χ1v) is 12.5. The summed E-state index contributed by atoms with van der Waals surface area (Å²) < 4.78 is 11.8. The number of benzene rings is 2. The van der Waals surface area contributed by atoms with Gasteiger partial charge < -0.3 is 14.4 Å². The largest absolute Gasteiger partial charge is 0.497 e. The zero-order valence-corrected chi connectivity index (χ0v) is 19.7. The Hall–Kier alpha value is -2.37. The SMILES string of the molecule is COc1ccc(C2(C(=O)N3CCC(OC4CCN(Cc5ccccc5)CC4)CC3)CC2)cc1. The van der Waals surface area contributed by atoms with Crippen LogP contribution in [0.25, 0.3) is 0 Å². The van der Waals surface area contributed by atoms with E-state index >= 15 is 0 Å². The number of rotatable bonds is 7. The van der Waals surface area contributed by atoms with Crippen LogP contribution in [-0.4, -0.2) is 61.2 Å². The van der Waals surface area contributed by atoms with Crippen LogP contribution in [0.1, 0.15) is 49.7 Å². The lowest BCUT2D eigenvalue weighted by Crippen LogP contribution is -2.46. The van der Waals surface area contributed by atoms with Crippen LogP contribution in [0.3, 0.4) is 0 Å². The van der Waals surface area contributed by atoms with Gasteiger partial charge in [-0.15, -0.1) is 0 Å². The Morgan fingerprint density at radius 2 is 1.48 bits per heavy atom. The van der Waals surface area contributed by atoms with Crippen molar-refractivity contribution in [3.8, 4) is 5.75 Å². The average molecular weight is 449 g/mol. The van der Waals surface area contributed by atoms with Crippen molar-refractivity contribution < 1.29 is 14.3 Å². The lowest BCUT2D eigenvalue weighted by Gasteiger charge is -2.38. The molecule has 0 atom stereocenters. The minimum atomic E-state index is -0.300. The Balaban J connectivity index is 1.07. The van der Waals surface area contributed by atoms with Crippen LogP contribution < -0.4 is 4.74 Å². The van der Waals surface area contributed by atoms with Gasteiger partial charge in [-0.1, -0.05) is 42.5 Å². The van der Waals surface area contributed by atoms with Crippen molar-refractivity contribution in [1.82, 2.24) is 9.80 Å². The van der Waals surface area contributed by atoms with Gasteiger partial charge in [0.05, 0.1) is 24.7 Å². The molecule has 2 saturated heterocycles. The molecule has 0 spiro atoms. The molecule has 0 radical (unpaired) electrons. The quantitative estimate of drug-likeness (QED) is 0.630. The van der Waals surface area contributed by atoms with Gasteiger partial charge in [-0.2, -0.15) is 0 Å². The number of carbonyl (C=O) groups is 1. The molecule has 0 bridgehead atoms. The van der Waals surface area contributed by atoms with E-state index in [9.17, 15) is 4.79 Å². The zero-order chi connectivity index (χ0) is 22.7. The Bertz CT molecular complexity index is 910. The number of nitrogens with zero attached hydrogens (tertiary/aromatic N) is 2. The van der Waals surface area contributed by atoms with Crippen LogP contribution in [0.4, 0.5) is 0 Å². The van der Waals surface area contributed by atoms with Crippen LogP contribution in [0.2, 0.25) is 0 Å². The summed E-state index contributed by atoms with van der Waals surface area (Å²) in [4.78, 5) is 18.0. The second kappa shape index (κ2) is 9.86. The normalized spacial score (nSPS) is 21.7. The molecular weight excluding hydrogens is 412 g/mol. The third-order valence-corrected chi connectivity index (χ3v) is 7.70. The smallest absolute Gasteiger partial charge is 0.233 e. The molecule has 2 heterocycles. The summed E-state index contributed by atoms with van der Waals surface area (Å²) in [5.41, 5.74) is 2.22. The first kappa shape index (κ1) is 22.4. The molecule has 0 aromatic heterocycles. The molecule has 2 aromatic carbocycles. The zero-order valence-electron chi connectivity index (χ0n) is 19.7. The monoisotopic (exact) mass is 448 g/mol. The molecule has 5 nitrogen and oxygen atoms in total. The number of likely N-dealkylation sites (tertiary alicyclic amines) is 2. The van der Waals surface area contributed by atoms with Crippen LogP contribution >= 0.6 is 0 Å². The fraction of sp³-hybridized carbons (Fsp3) is 0.536. The van der Waals surface area contributed by atoms with Gasteiger partial charge in [0.15, 0.2) is 0 Å². The molecule has 1 amide bonds. The van der Waals surface area contributed by atoms with E-state index in [-0.39, 0.29) is 11.5 Å². The number of hydrogen-bond acceptors (Lipinski definition) is 4. The highest BCUT2D eigenvalue weighted by Gasteiger charge is 2.53. The predicted molar refractivity (Wildman–Crippen MR) is 129 cm³/mol. The van der Waals surface area contributed by atoms with Gasteiger partial charge in [0, 0.05) is 32.7 Å². The van der Waals surface area contributed by atoms with Gasteiger partial charge in [-0.3, -0.25) is 9.69 Å². The van der Waals surface area contributed by atoms with Gasteiger partial charge in [-0.25, -0.2) is 0 Å². The highest BCUT2D eigenvalue weighted by atomic mass is 16.5. The summed E-state index contributed by atoms with van der Waals surface area (Å²) >= 11 is 0. The molecule has 2 aliphatic heterocycles. The summed E-state index contributed by atoms with van der Waals surface area (Å²) in [5, 5.41) is 0. The van der Waals surface area contributed by atoms with Crippen molar-refractivity contribution in [2.45, 2.75) is 62.7 Å². The third-order valence-electron chi connectivity index (χ3n) is 7.70. The minimum Gasteiger partial charge on any atom is -0.497 e. The van der Waals surface area contributed by atoms with Gasteiger partial charge in [-0.05, 0) is 61.8 Å². The fourth-order valence-electron chi connectivity index (χ4n) is 5.48. The van der Waals surface area contributed by atoms with Crippen molar-refractivity contribution in [1.29, 1.82) is 0 Å².